The van der Waals surface area contributed by atoms with Crippen LogP contribution in [0.2, 0.25) is 0 Å². The number of hydrogen-bond acceptors (Lipinski definition) is 1. The highest BCUT2D eigenvalue weighted by atomic mass is 16.5. The first-order valence-corrected chi connectivity index (χ1v) is 5.81. The summed E-state index contributed by atoms with van der Waals surface area (Å²) in [5.74, 6) is 0.980. The molecule has 0 unspecified atom stereocenters. The van der Waals surface area contributed by atoms with Gasteiger partial charge in [-0.1, -0.05) is 29.8 Å². The van der Waals surface area contributed by atoms with Crippen LogP contribution < -0.4 is 4.74 Å². The quantitative estimate of drug-likeness (QED) is 0.671. The van der Waals surface area contributed by atoms with E-state index in [2.05, 4.69) is 6.08 Å². The number of allylic oxidation sites excluding steroid dienone is 1. The van der Waals surface area contributed by atoms with Crippen molar-refractivity contribution in [1.82, 2.24) is 0 Å². The van der Waals surface area contributed by atoms with Crippen LogP contribution in [0.15, 0.2) is 42.0 Å². The van der Waals surface area contributed by atoms with Gasteiger partial charge in [0.2, 0.25) is 0 Å². The third kappa shape index (κ3) is 3.43. The highest BCUT2D eigenvalue weighted by Crippen LogP contribution is 2.20. The molecule has 15 heavy (non-hydrogen) atoms. The van der Waals surface area contributed by atoms with Gasteiger partial charge < -0.3 is 4.74 Å². The smallest absolute Gasteiger partial charge is 0.119 e. The van der Waals surface area contributed by atoms with Crippen molar-refractivity contribution in [2.75, 3.05) is 6.61 Å². The molecule has 0 amide bonds. The largest absolute Gasteiger partial charge is 0.493 e. The summed E-state index contributed by atoms with van der Waals surface area (Å²) in [6.45, 7) is 0.815. The SMILES string of the molecule is C1=C(CCOc2ccccc2)CCCC1. The van der Waals surface area contributed by atoms with Gasteiger partial charge in [0.05, 0.1) is 6.61 Å². The van der Waals surface area contributed by atoms with Gasteiger partial charge in [-0.05, 0) is 37.8 Å². The van der Waals surface area contributed by atoms with E-state index in [1.54, 1.807) is 5.57 Å². The Morgan fingerprint density at radius 1 is 1.07 bits per heavy atom. The predicted molar refractivity (Wildman–Crippen MR) is 63.1 cm³/mol. The van der Waals surface area contributed by atoms with Gasteiger partial charge in [0, 0.05) is 6.42 Å². The van der Waals surface area contributed by atoms with Crippen molar-refractivity contribution in [2.24, 2.45) is 0 Å². The standard InChI is InChI=1S/C14H18O/c1-3-7-13(8-4-1)11-12-15-14-9-5-2-6-10-14/h2,5-7,9-10H,1,3-4,8,11-12H2. The van der Waals surface area contributed by atoms with Crippen LogP contribution in [-0.2, 0) is 0 Å². The van der Waals surface area contributed by atoms with Crippen LogP contribution in [0.3, 0.4) is 0 Å². The van der Waals surface area contributed by atoms with E-state index in [4.69, 9.17) is 4.74 Å². The van der Waals surface area contributed by atoms with Crippen molar-refractivity contribution >= 4 is 0 Å². The second-order valence-corrected chi connectivity index (χ2v) is 4.02. The first-order chi connectivity index (χ1) is 7.45. The number of rotatable bonds is 4. The van der Waals surface area contributed by atoms with Crippen LogP contribution in [-0.4, -0.2) is 6.61 Å². The molecule has 0 radical (unpaired) electrons. The molecule has 0 spiro atoms. The fraction of sp³-hybridized carbons (Fsp3) is 0.429. The summed E-state index contributed by atoms with van der Waals surface area (Å²) in [6, 6.07) is 10.0. The van der Waals surface area contributed by atoms with E-state index in [-0.39, 0.29) is 0 Å². The second-order valence-electron chi connectivity index (χ2n) is 4.02. The first kappa shape index (κ1) is 10.3. The van der Waals surface area contributed by atoms with Crippen LogP contribution in [0.25, 0.3) is 0 Å². The number of ether oxygens (including phenoxy) is 1. The van der Waals surface area contributed by atoms with Crippen LogP contribution >= 0.6 is 0 Å². The monoisotopic (exact) mass is 202 g/mol. The molecule has 0 saturated carbocycles. The van der Waals surface area contributed by atoms with E-state index in [0.717, 1.165) is 18.8 Å². The molecule has 0 aromatic heterocycles. The molecule has 0 bridgehead atoms. The lowest BCUT2D eigenvalue weighted by molar-refractivity contribution is 0.319. The highest BCUT2D eigenvalue weighted by Gasteiger charge is 2.03. The molecule has 1 aromatic rings. The number of para-hydroxylation sites is 1. The van der Waals surface area contributed by atoms with E-state index in [9.17, 15) is 0 Å². The van der Waals surface area contributed by atoms with Crippen molar-refractivity contribution in [3.8, 4) is 5.75 Å². The van der Waals surface area contributed by atoms with Gasteiger partial charge in [-0.2, -0.15) is 0 Å². The van der Waals surface area contributed by atoms with Crippen molar-refractivity contribution in [2.45, 2.75) is 32.1 Å². The van der Waals surface area contributed by atoms with Crippen molar-refractivity contribution in [3.63, 3.8) is 0 Å². The number of hydrogen-bond donors (Lipinski definition) is 0. The maximum Gasteiger partial charge on any atom is 0.119 e. The lowest BCUT2D eigenvalue weighted by Gasteiger charge is -2.13. The Kier molecular flexibility index (Phi) is 3.84. The molecule has 0 aliphatic heterocycles. The minimum atomic E-state index is 0.815. The summed E-state index contributed by atoms with van der Waals surface area (Å²) in [5, 5.41) is 0. The minimum absolute atomic E-state index is 0.815. The van der Waals surface area contributed by atoms with Crippen LogP contribution in [0.5, 0.6) is 5.75 Å². The molecule has 1 heteroatoms. The molecule has 1 aliphatic carbocycles. The maximum absolute atomic E-state index is 5.67. The molecule has 0 N–H and O–H groups in total. The Hall–Kier alpha value is -1.24. The van der Waals surface area contributed by atoms with E-state index >= 15 is 0 Å². The summed E-state index contributed by atoms with van der Waals surface area (Å²) in [4.78, 5) is 0. The second kappa shape index (κ2) is 5.59. The molecule has 0 fully saturated rings. The average molecular weight is 202 g/mol. The molecule has 1 aromatic carbocycles. The molecule has 1 nitrogen and oxygen atoms in total. The molecular weight excluding hydrogens is 184 g/mol. The third-order valence-corrected chi connectivity index (χ3v) is 2.82. The molecule has 0 atom stereocenters. The summed E-state index contributed by atoms with van der Waals surface area (Å²) < 4.78 is 5.67. The minimum Gasteiger partial charge on any atom is -0.493 e. The predicted octanol–water partition coefficient (Wildman–Crippen LogP) is 3.96. The summed E-state index contributed by atoms with van der Waals surface area (Å²) >= 11 is 0. The Balaban J connectivity index is 1.73. The topological polar surface area (TPSA) is 9.23 Å². The van der Waals surface area contributed by atoms with Gasteiger partial charge in [0.25, 0.3) is 0 Å². The Morgan fingerprint density at radius 2 is 1.93 bits per heavy atom. The van der Waals surface area contributed by atoms with Gasteiger partial charge in [-0.25, -0.2) is 0 Å². The molecule has 0 heterocycles. The van der Waals surface area contributed by atoms with Gasteiger partial charge >= 0.3 is 0 Å². The zero-order valence-corrected chi connectivity index (χ0v) is 9.11. The Labute approximate surface area is 91.8 Å². The molecular formula is C14H18O. The fourth-order valence-corrected chi connectivity index (χ4v) is 1.95. The number of benzene rings is 1. The van der Waals surface area contributed by atoms with E-state index in [0.29, 0.717) is 0 Å². The van der Waals surface area contributed by atoms with E-state index < -0.39 is 0 Å². The van der Waals surface area contributed by atoms with Crippen LogP contribution in [0.1, 0.15) is 32.1 Å². The summed E-state index contributed by atoms with van der Waals surface area (Å²) in [7, 11) is 0. The van der Waals surface area contributed by atoms with E-state index in [1.165, 1.54) is 25.7 Å². The Bertz CT molecular complexity index is 313. The molecule has 0 saturated heterocycles. The molecule has 1 aliphatic rings. The third-order valence-electron chi connectivity index (χ3n) is 2.82. The zero-order chi connectivity index (χ0) is 10.3. The molecule has 80 valence electrons. The van der Waals surface area contributed by atoms with Crippen molar-refractivity contribution < 1.29 is 4.74 Å². The van der Waals surface area contributed by atoms with Crippen LogP contribution in [0.4, 0.5) is 0 Å². The Morgan fingerprint density at radius 3 is 2.67 bits per heavy atom. The average Bonchev–Trinajstić information content (AvgIpc) is 2.32. The first-order valence-electron chi connectivity index (χ1n) is 5.81. The summed E-state index contributed by atoms with van der Waals surface area (Å²) in [6.07, 6.45) is 8.74. The lowest BCUT2D eigenvalue weighted by Crippen LogP contribution is -2.01. The van der Waals surface area contributed by atoms with Gasteiger partial charge in [-0.15, -0.1) is 0 Å². The zero-order valence-electron chi connectivity index (χ0n) is 9.11. The molecule has 2 rings (SSSR count). The summed E-state index contributed by atoms with van der Waals surface area (Å²) in [5.41, 5.74) is 1.58. The maximum atomic E-state index is 5.67. The van der Waals surface area contributed by atoms with Gasteiger partial charge in [0.15, 0.2) is 0 Å². The lowest BCUT2D eigenvalue weighted by atomic mass is 9.98. The highest BCUT2D eigenvalue weighted by molar-refractivity contribution is 5.21. The van der Waals surface area contributed by atoms with Crippen LogP contribution in [0, 0.1) is 0 Å². The van der Waals surface area contributed by atoms with Gasteiger partial charge in [-0.3, -0.25) is 0 Å². The normalized spacial score (nSPS) is 15.9. The fourth-order valence-electron chi connectivity index (χ4n) is 1.95. The van der Waals surface area contributed by atoms with Crippen molar-refractivity contribution in [3.05, 3.63) is 42.0 Å². The van der Waals surface area contributed by atoms with Gasteiger partial charge in [0.1, 0.15) is 5.75 Å². The van der Waals surface area contributed by atoms with E-state index in [1.807, 2.05) is 30.3 Å². The van der Waals surface area contributed by atoms with Crippen molar-refractivity contribution in [1.29, 1.82) is 0 Å².